The standard InChI is InChI=1S/C19H29N5O/c1-17(18-8-4-3-5-9-18)25-15-7-11-23-19(20-2)22-10-6-13-24-14-12-21-16-24/h3-5,8-9,12,14,16-17H,6-7,10-11,13,15H2,1-2H3,(H2,20,22,23). The summed E-state index contributed by atoms with van der Waals surface area (Å²) in [5, 5.41) is 6.64. The predicted molar refractivity (Wildman–Crippen MR) is 102 cm³/mol. The van der Waals surface area contributed by atoms with E-state index in [-0.39, 0.29) is 6.10 Å². The first kappa shape index (κ1) is 19.0. The van der Waals surface area contributed by atoms with Crippen LogP contribution < -0.4 is 10.6 Å². The maximum absolute atomic E-state index is 5.87. The zero-order chi connectivity index (χ0) is 17.7. The third-order valence-electron chi connectivity index (χ3n) is 3.92. The minimum atomic E-state index is 0.127. The molecule has 6 nitrogen and oxygen atoms in total. The Labute approximate surface area is 150 Å². The number of rotatable bonds is 10. The molecule has 2 aromatic rings. The molecule has 0 amide bonds. The fourth-order valence-electron chi connectivity index (χ4n) is 2.47. The zero-order valence-corrected chi connectivity index (χ0v) is 15.2. The molecule has 1 heterocycles. The van der Waals surface area contributed by atoms with E-state index < -0.39 is 0 Å². The summed E-state index contributed by atoms with van der Waals surface area (Å²) < 4.78 is 7.95. The number of benzene rings is 1. The third-order valence-corrected chi connectivity index (χ3v) is 3.92. The number of guanidine groups is 1. The number of imidazole rings is 1. The fourth-order valence-corrected chi connectivity index (χ4v) is 2.47. The molecule has 1 atom stereocenters. The highest BCUT2D eigenvalue weighted by atomic mass is 16.5. The second-order valence-electron chi connectivity index (χ2n) is 5.86. The number of ether oxygens (including phenoxy) is 1. The molecule has 0 aliphatic carbocycles. The quantitative estimate of drug-likeness (QED) is 0.395. The van der Waals surface area contributed by atoms with Crippen LogP contribution in [-0.4, -0.2) is 42.3 Å². The zero-order valence-electron chi connectivity index (χ0n) is 15.2. The molecule has 0 saturated heterocycles. The summed E-state index contributed by atoms with van der Waals surface area (Å²) in [5.41, 5.74) is 1.21. The summed E-state index contributed by atoms with van der Waals surface area (Å²) in [6.07, 6.45) is 7.70. The summed E-state index contributed by atoms with van der Waals surface area (Å²) in [4.78, 5) is 8.27. The molecule has 1 aromatic carbocycles. The first-order chi connectivity index (χ1) is 12.3. The number of hydrogen-bond acceptors (Lipinski definition) is 3. The molecule has 0 aliphatic rings. The summed E-state index contributed by atoms with van der Waals surface area (Å²) in [6.45, 7) is 5.47. The first-order valence-electron chi connectivity index (χ1n) is 8.86. The van der Waals surface area contributed by atoms with Gasteiger partial charge in [0.1, 0.15) is 0 Å². The van der Waals surface area contributed by atoms with Crippen molar-refractivity contribution in [3.8, 4) is 0 Å². The van der Waals surface area contributed by atoms with Gasteiger partial charge >= 0.3 is 0 Å². The Balaban J connectivity index is 1.52. The van der Waals surface area contributed by atoms with Gasteiger partial charge < -0.3 is 19.9 Å². The van der Waals surface area contributed by atoms with Crippen LogP contribution in [0.15, 0.2) is 54.0 Å². The maximum Gasteiger partial charge on any atom is 0.190 e. The van der Waals surface area contributed by atoms with Crippen LogP contribution in [0.2, 0.25) is 0 Å². The number of nitrogens with one attached hydrogen (secondary N) is 2. The highest BCUT2D eigenvalue weighted by Gasteiger charge is 2.04. The number of nitrogens with zero attached hydrogens (tertiary/aromatic N) is 3. The minimum absolute atomic E-state index is 0.127. The fraction of sp³-hybridized carbons (Fsp3) is 0.474. The van der Waals surface area contributed by atoms with E-state index in [0.29, 0.717) is 0 Å². The van der Waals surface area contributed by atoms with E-state index in [1.165, 1.54) is 5.56 Å². The van der Waals surface area contributed by atoms with Crippen molar-refractivity contribution in [2.75, 3.05) is 26.7 Å². The van der Waals surface area contributed by atoms with Gasteiger partial charge in [0.05, 0.1) is 12.4 Å². The highest BCUT2D eigenvalue weighted by molar-refractivity contribution is 5.79. The average Bonchev–Trinajstić information content (AvgIpc) is 3.17. The van der Waals surface area contributed by atoms with Crippen molar-refractivity contribution in [3.63, 3.8) is 0 Å². The van der Waals surface area contributed by atoms with Gasteiger partial charge in [-0.2, -0.15) is 0 Å². The second-order valence-corrected chi connectivity index (χ2v) is 5.86. The Hall–Kier alpha value is -2.34. The largest absolute Gasteiger partial charge is 0.374 e. The van der Waals surface area contributed by atoms with Crippen molar-refractivity contribution in [2.24, 2.45) is 4.99 Å². The van der Waals surface area contributed by atoms with E-state index in [1.54, 1.807) is 13.2 Å². The molecule has 0 radical (unpaired) electrons. The topological polar surface area (TPSA) is 63.5 Å². The average molecular weight is 343 g/mol. The summed E-state index contributed by atoms with van der Waals surface area (Å²) in [5.74, 6) is 0.835. The number of hydrogen-bond donors (Lipinski definition) is 2. The van der Waals surface area contributed by atoms with E-state index >= 15 is 0 Å². The molecule has 0 fully saturated rings. The maximum atomic E-state index is 5.87. The molecular formula is C19H29N5O. The van der Waals surface area contributed by atoms with Gasteiger partial charge in [-0.3, -0.25) is 4.99 Å². The molecule has 2 N–H and O–H groups in total. The van der Waals surface area contributed by atoms with Crippen molar-refractivity contribution in [2.45, 2.75) is 32.4 Å². The van der Waals surface area contributed by atoms with Gasteiger partial charge in [0.15, 0.2) is 5.96 Å². The van der Waals surface area contributed by atoms with Gasteiger partial charge in [-0.05, 0) is 25.3 Å². The highest BCUT2D eigenvalue weighted by Crippen LogP contribution is 2.15. The molecule has 2 rings (SSSR count). The van der Waals surface area contributed by atoms with Crippen LogP contribution >= 0.6 is 0 Å². The van der Waals surface area contributed by atoms with Crippen LogP contribution in [0.5, 0.6) is 0 Å². The normalized spacial score (nSPS) is 12.8. The Morgan fingerprint density at radius 1 is 1.20 bits per heavy atom. The van der Waals surface area contributed by atoms with Gasteiger partial charge in [-0.25, -0.2) is 4.98 Å². The number of aryl methyl sites for hydroxylation is 1. The van der Waals surface area contributed by atoms with Gasteiger partial charge in [0.2, 0.25) is 0 Å². The Morgan fingerprint density at radius 3 is 2.64 bits per heavy atom. The van der Waals surface area contributed by atoms with Crippen LogP contribution in [-0.2, 0) is 11.3 Å². The number of aromatic nitrogens is 2. The van der Waals surface area contributed by atoms with Crippen molar-refractivity contribution in [3.05, 3.63) is 54.6 Å². The minimum Gasteiger partial charge on any atom is -0.374 e. The molecule has 0 saturated carbocycles. The first-order valence-corrected chi connectivity index (χ1v) is 8.86. The van der Waals surface area contributed by atoms with Crippen LogP contribution in [0.1, 0.15) is 31.4 Å². The van der Waals surface area contributed by atoms with Crippen LogP contribution in [0.3, 0.4) is 0 Å². The van der Waals surface area contributed by atoms with Gasteiger partial charge in [-0.15, -0.1) is 0 Å². The summed E-state index contributed by atoms with van der Waals surface area (Å²) in [7, 11) is 1.79. The summed E-state index contributed by atoms with van der Waals surface area (Å²) in [6, 6.07) is 10.3. The molecule has 0 aliphatic heterocycles. The van der Waals surface area contributed by atoms with Gasteiger partial charge in [0.25, 0.3) is 0 Å². The molecule has 0 bridgehead atoms. The molecule has 6 heteroatoms. The van der Waals surface area contributed by atoms with E-state index in [4.69, 9.17) is 4.74 Å². The lowest BCUT2D eigenvalue weighted by atomic mass is 10.1. The van der Waals surface area contributed by atoms with E-state index in [1.807, 2.05) is 30.7 Å². The van der Waals surface area contributed by atoms with Gasteiger partial charge in [0, 0.05) is 45.7 Å². The lowest BCUT2D eigenvalue weighted by Gasteiger charge is -2.15. The van der Waals surface area contributed by atoms with E-state index in [2.05, 4.69) is 44.2 Å². The van der Waals surface area contributed by atoms with E-state index in [0.717, 1.165) is 45.0 Å². The molecule has 0 spiro atoms. The molecule has 1 unspecified atom stereocenters. The summed E-state index contributed by atoms with van der Waals surface area (Å²) >= 11 is 0. The Bertz CT molecular complexity index is 598. The van der Waals surface area contributed by atoms with Crippen LogP contribution in [0.25, 0.3) is 0 Å². The van der Waals surface area contributed by atoms with E-state index in [9.17, 15) is 0 Å². The molecule has 25 heavy (non-hydrogen) atoms. The predicted octanol–water partition coefficient (Wildman–Crippen LogP) is 2.61. The van der Waals surface area contributed by atoms with Crippen molar-refractivity contribution >= 4 is 5.96 Å². The Kier molecular flexibility index (Phi) is 8.55. The lowest BCUT2D eigenvalue weighted by Crippen LogP contribution is -2.38. The van der Waals surface area contributed by atoms with Crippen LogP contribution in [0.4, 0.5) is 0 Å². The van der Waals surface area contributed by atoms with Crippen molar-refractivity contribution < 1.29 is 4.74 Å². The third kappa shape index (κ3) is 7.39. The van der Waals surface area contributed by atoms with Crippen molar-refractivity contribution in [1.29, 1.82) is 0 Å². The monoisotopic (exact) mass is 343 g/mol. The SMILES string of the molecule is CN=C(NCCCOC(C)c1ccccc1)NCCCn1ccnc1. The lowest BCUT2D eigenvalue weighted by molar-refractivity contribution is 0.0646. The molecule has 136 valence electrons. The molecular weight excluding hydrogens is 314 g/mol. The van der Waals surface area contributed by atoms with Gasteiger partial charge in [-0.1, -0.05) is 30.3 Å². The van der Waals surface area contributed by atoms with Crippen LogP contribution in [0, 0.1) is 0 Å². The smallest absolute Gasteiger partial charge is 0.190 e. The number of aliphatic imine (C=N–C) groups is 1. The Morgan fingerprint density at radius 2 is 1.96 bits per heavy atom. The van der Waals surface area contributed by atoms with Crippen molar-refractivity contribution in [1.82, 2.24) is 20.2 Å². The molecule has 1 aromatic heterocycles. The second kappa shape index (κ2) is 11.3.